The van der Waals surface area contributed by atoms with Gasteiger partial charge in [0.1, 0.15) is 6.54 Å². The zero-order valence-electron chi connectivity index (χ0n) is 15.7. The summed E-state index contributed by atoms with van der Waals surface area (Å²) in [5, 5.41) is 6.56. The topological polar surface area (TPSA) is 69.2 Å². The van der Waals surface area contributed by atoms with E-state index in [2.05, 4.69) is 41.4 Å². The quantitative estimate of drug-likeness (QED) is 0.323. The van der Waals surface area contributed by atoms with E-state index in [9.17, 15) is 4.79 Å². The van der Waals surface area contributed by atoms with Crippen LogP contribution in [-0.4, -0.2) is 89.3 Å². The van der Waals surface area contributed by atoms with Crippen molar-refractivity contribution in [2.45, 2.75) is 20.3 Å². The first kappa shape index (κ1) is 21.7. The van der Waals surface area contributed by atoms with Gasteiger partial charge in [0.05, 0.1) is 0 Å². The first-order valence-corrected chi connectivity index (χ1v) is 8.26. The molecule has 0 atom stereocenters. The summed E-state index contributed by atoms with van der Waals surface area (Å²) in [4.78, 5) is 19.8. The second kappa shape index (κ2) is 13.1. The lowest BCUT2D eigenvalue weighted by atomic mass is 10.2. The molecular weight excluding hydrogens is 294 g/mol. The number of carbonyl (C=O) groups is 1. The number of methoxy groups -OCH3 is 1. The highest BCUT2D eigenvalue weighted by atomic mass is 16.5. The highest BCUT2D eigenvalue weighted by Crippen LogP contribution is 1.89. The van der Waals surface area contributed by atoms with Gasteiger partial charge in [-0.1, -0.05) is 13.8 Å². The largest absolute Gasteiger partial charge is 0.385 e. The first-order valence-electron chi connectivity index (χ1n) is 8.26. The molecular formula is C16H35N5O2. The van der Waals surface area contributed by atoms with E-state index in [1.54, 1.807) is 26.1 Å². The molecule has 0 aromatic carbocycles. The number of hydrogen-bond acceptors (Lipinski definition) is 4. The highest BCUT2D eigenvalue weighted by Gasteiger charge is 2.05. The summed E-state index contributed by atoms with van der Waals surface area (Å²) in [5.74, 6) is 1.20. The van der Waals surface area contributed by atoms with Crippen LogP contribution in [0.1, 0.15) is 20.3 Å². The van der Waals surface area contributed by atoms with Gasteiger partial charge in [-0.25, -0.2) is 4.99 Å². The van der Waals surface area contributed by atoms with Crippen LogP contribution in [0, 0.1) is 5.92 Å². The molecule has 2 N–H and O–H groups in total. The zero-order valence-corrected chi connectivity index (χ0v) is 15.7. The summed E-state index contributed by atoms with van der Waals surface area (Å²) < 4.78 is 5.06. The summed E-state index contributed by atoms with van der Waals surface area (Å²) in [6, 6.07) is 0. The predicted octanol–water partition coefficient (Wildman–Crippen LogP) is 0.234. The number of nitrogens with zero attached hydrogens (tertiary/aromatic N) is 3. The molecule has 136 valence electrons. The molecule has 0 saturated heterocycles. The fraction of sp³-hybridized carbons (Fsp3) is 0.875. The van der Waals surface area contributed by atoms with Gasteiger partial charge in [0.2, 0.25) is 5.91 Å². The van der Waals surface area contributed by atoms with Crippen LogP contribution in [0.4, 0.5) is 0 Å². The first-order chi connectivity index (χ1) is 10.9. The van der Waals surface area contributed by atoms with Crippen LogP contribution in [0.2, 0.25) is 0 Å². The van der Waals surface area contributed by atoms with E-state index in [4.69, 9.17) is 4.74 Å². The summed E-state index contributed by atoms with van der Waals surface area (Å²) >= 11 is 0. The third-order valence-corrected chi connectivity index (χ3v) is 3.22. The molecule has 23 heavy (non-hydrogen) atoms. The molecule has 0 aromatic rings. The van der Waals surface area contributed by atoms with Crippen molar-refractivity contribution in [3.8, 4) is 0 Å². The second-order valence-corrected chi connectivity index (χ2v) is 6.30. The zero-order chi connectivity index (χ0) is 17.7. The summed E-state index contributed by atoms with van der Waals surface area (Å²) in [5.41, 5.74) is 0. The number of hydrogen-bond donors (Lipinski definition) is 2. The Kier molecular flexibility index (Phi) is 12.4. The van der Waals surface area contributed by atoms with Gasteiger partial charge < -0.3 is 25.2 Å². The molecule has 0 heterocycles. The van der Waals surface area contributed by atoms with Crippen LogP contribution in [0.25, 0.3) is 0 Å². The molecule has 0 aromatic heterocycles. The van der Waals surface area contributed by atoms with E-state index in [1.165, 1.54) is 0 Å². The molecule has 0 fully saturated rings. The Labute approximate surface area is 141 Å². The molecule has 0 rings (SSSR count). The molecule has 0 radical (unpaired) electrons. The average Bonchev–Trinajstić information content (AvgIpc) is 2.49. The van der Waals surface area contributed by atoms with Crippen molar-refractivity contribution < 1.29 is 9.53 Å². The van der Waals surface area contributed by atoms with Gasteiger partial charge in [0.25, 0.3) is 0 Å². The van der Waals surface area contributed by atoms with E-state index in [0.717, 1.165) is 39.2 Å². The molecule has 0 aliphatic rings. The van der Waals surface area contributed by atoms with Crippen molar-refractivity contribution in [2.24, 2.45) is 10.9 Å². The maximum absolute atomic E-state index is 11.7. The standard InChI is InChI=1S/C16H35N5O2/c1-14(2)12-18-16(19-13-15(22)20(3)4)17-8-10-21(5)9-7-11-23-6/h14H,7-13H2,1-6H3,(H2,17,18,19). The van der Waals surface area contributed by atoms with Gasteiger partial charge in [0, 0.05) is 54.0 Å². The van der Waals surface area contributed by atoms with Crippen LogP contribution < -0.4 is 10.6 Å². The average molecular weight is 329 g/mol. The molecule has 0 unspecified atom stereocenters. The Morgan fingerprint density at radius 3 is 2.43 bits per heavy atom. The predicted molar refractivity (Wildman–Crippen MR) is 95.8 cm³/mol. The minimum Gasteiger partial charge on any atom is -0.385 e. The Balaban J connectivity index is 4.24. The molecule has 7 nitrogen and oxygen atoms in total. The van der Waals surface area contributed by atoms with Crippen LogP contribution in [0.3, 0.4) is 0 Å². The van der Waals surface area contributed by atoms with E-state index in [-0.39, 0.29) is 12.5 Å². The van der Waals surface area contributed by atoms with E-state index in [0.29, 0.717) is 11.9 Å². The summed E-state index contributed by atoms with van der Waals surface area (Å²) in [7, 11) is 7.29. The number of ether oxygens (including phenoxy) is 1. The van der Waals surface area contributed by atoms with E-state index < -0.39 is 0 Å². The summed E-state index contributed by atoms with van der Waals surface area (Å²) in [6.45, 7) is 8.74. The summed E-state index contributed by atoms with van der Waals surface area (Å²) in [6.07, 6.45) is 1.02. The number of carbonyl (C=O) groups excluding carboxylic acids is 1. The maximum atomic E-state index is 11.7. The Morgan fingerprint density at radius 1 is 1.17 bits per heavy atom. The molecule has 0 aliphatic carbocycles. The fourth-order valence-corrected chi connectivity index (χ4v) is 1.72. The van der Waals surface area contributed by atoms with E-state index in [1.807, 2.05) is 0 Å². The van der Waals surface area contributed by atoms with Crippen LogP contribution in [0.5, 0.6) is 0 Å². The lowest BCUT2D eigenvalue weighted by Crippen LogP contribution is -2.43. The molecule has 0 bridgehead atoms. The van der Waals surface area contributed by atoms with Crippen molar-refractivity contribution in [3.05, 3.63) is 0 Å². The number of amides is 1. The van der Waals surface area contributed by atoms with Crippen molar-refractivity contribution in [1.29, 1.82) is 0 Å². The maximum Gasteiger partial charge on any atom is 0.243 e. The van der Waals surface area contributed by atoms with Crippen LogP contribution in [0.15, 0.2) is 4.99 Å². The van der Waals surface area contributed by atoms with Crippen molar-refractivity contribution in [1.82, 2.24) is 20.4 Å². The van der Waals surface area contributed by atoms with E-state index >= 15 is 0 Å². The smallest absolute Gasteiger partial charge is 0.243 e. The normalized spacial score (nSPS) is 11.9. The number of aliphatic imine (C=N–C) groups is 1. The van der Waals surface area contributed by atoms with Crippen molar-refractivity contribution in [3.63, 3.8) is 0 Å². The third kappa shape index (κ3) is 12.9. The minimum absolute atomic E-state index is 0.00710. The van der Waals surface area contributed by atoms with Gasteiger partial charge >= 0.3 is 0 Å². The third-order valence-electron chi connectivity index (χ3n) is 3.22. The Morgan fingerprint density at radius 2 is 1.87 bits per heavy atom. The Hall–Kier alpha value is -1.34. The number of guanidine groups is 1. The van der Waals surface area contributed by atoms with Crippen molar-refractivity contribution >= 4 is 11.9 Å². The minimum atomic E-state index is -0.00710. The number of nitrogens with one attached hydrogen (secondary N) is 2. The van der Waals surface area contributed by atoms with Crippen molar-refractivity contribution in [2.75, 3.05) is 67.6 Å². The van der Waals surface area contributed by atoms with Gasteiger partial charge in [-0.3, -0.25) is 4.79 Å². The second-order valence-electron chi connectivity index (χ2n) is 6.30. The molecule has 7 heteroatoms. The SMILES string of the molecule is COCCCN(C)CCNC(=NCC(=O)N(C)C)NCC(C)C. The lowest BCUT2D eigenvalue weighted by Gasteiger charge is -2.19. The monoisotopic (exact) mass is 329 g/mol. The molecule has 0 spiro atoms. The number of likely N-dealkylation sites (N-methyl/N-ethyl adjacent to an activating group) is 2. The molecule has 1 amide bonds. The van der Waals surface area contributed by atoms with Crippen LogP contribution >= 0.6 is 0 Å². The van der Waals surface area contributed by atoms with Gasteiger partial charge in [-0.2, -0.15) is 0 Å². The van der Waals surface area contributed by atoms with Gasteiger partial charge in [-0.05, 0) is 19.4 Å². The molecule has 0 aliphatic heterocycles. The highest BCUT2D eigenvalue weighted by molar-refractivity contribution is 5.84. The van der Waals surface area contributed by atoms with Gasteiger partial charge in [-0.15, -0.1) is 0 Å². The fourth-order valence-electron chi connectivity index (χ4n) is 1.72. The van der Waals surface area contributed by atoms with Crippen LogP contribution in [-0.2, 0) is 9.53 Å². The van der Waals surface area contributed by atoms with Gasteiger partial charge in [0.15, 0.2) is 5.96 Å². The number of rotatable bonds is 11. The lowest BCUT2D eigenvalue weighted by molar-refractivity contribution is -0.127. The Bertz CT molecular complexity index is 345. The molecule has 0 saturated carbocycles.